The summed E-state index contributed by atoms with van der Waals surface area (Å²) >= 11 is 12.2. The topological polar surface area (TPSA) is 39.1 Å². The number of nitrogens with zero attached hydrogens (tertiary/aromatic N) is 2. The van der Waals surface area contributed by atoms with E-state index in [1.54, 1.807) is 0 Å². The van der Waals surface area contributed by atoms with Crippen molar-refractivity contribution >= 4 is 23.2 Å². The second-order valence-electron chi connectivity index (χ2n) is 5.63. The normalized spacial score (nSPS) is 22.5. The standard InChI is InChI=1S/C16H19Cl2N3O/c1-11-7-20-21(9-11)10-16-13(8-19-4-5-22-16)12-2-3-14(17)15(18)6-12/h2-3,6-7,9,13,16,19H,4-5,8,10H2,1H3. The number of rotatable bonds is 3. The molecule has 3 rings (SSSR count). The lowest BCUT2D eigenvalue weighted by Gasteiger charge is -2.25. The lowest BCUT2D eigenvalue weighted by molar-refractivity contribution is 0.0374. The Morgan fingerprint density at radius 1 is 1.36 bits per heavy atom. The van der Waals surface area contributed by atoms with Crippen LogP contribution in [0.2, 0.25) is 10.0 Å². The molecule has 2 heterocycles. The predicted octanol–water partition coefficient (Wildman–Crippen LogP) is 3.27. The van der Waals surface area contributed by atoms with Crippen LogP contribution in [0.1, 0.15) is 17.0 Å². The zero-order valence-electron chi connectivity index (χ0n) is 12.4. The highest BCUT2D eigenvalue weighted by Crippen LogP contribution is 2.30. The zero-order chi connectivity index (χ0) is 15.5. The van der Waals surface area contributed by atoms with Crippen LogP contribution in [0.25, 0.3) is 0 Å². The molecule has 1 aliphatic heterocycles. The van der Waals surface area contributed by atoms with Crippen molar-refractivity contribution in [2.45, 2.75) is 25.5 Å². The fourth-order valence-corrected chi connectivity index (χ4v) is 3.10. The van der Waals surface area contributed by atoms with Gasteiger partial charge in [0.15, 0.2) is 0 Å². The van der Waals surface area contributed by atoms with Crippen molar-refractivity contribution in [2.24, 2.45) is 0 Å². The Balaban J connectivity index is 1.85. The number of ether oxygens (including phenoxy) is 1. The number of benzene rings is 1. The van der Waals surface area contributed by atoms with Crippen molar-refractivity contribution in [3.63, 3.8) is 0 Å². The molecule has 0 saturated carbocycles. The minimum atomic E-state index is 0.0477. The molecule has 0 amide bonds. The Hall–Kier alpha value is -1.07. The van der Waals surface area contributed by atoms with Crippen molar-refractivity contribution in [1.82, 2.24) is 15.1 Å². The minimum absolute atomic E-state index is 0.0477. The van der Waals surface area contributed by atoms with Crippen LogP contribution < -0.4 is 5.32 Å². The number of nitrogens with one attached hydrogen (secondary N) is 1. The van der Waals surface area contributed by atoms with E-state index in [1.807, 2.05) is 42.2 Å². The molecule has 1 saturated heterocycles. The van der Waals surface area contributed by atoms with E-state index in [1.165, 1.54) is 0 Å². The van der Waals surface area contributed by atoms with Gasteiger partial charge in [0.25, 0.3) is 0 Å². The molecule has 2 aromatic rings. The average molecular weight is 340 g/mol. The number of halogens is 2. The average Bonchev–Trinajstić information content (AvgIpc) is 2.76. The van der Waals surface area contributed by atoms with Gasteiger partial charge >= 0.3 is 0 Å². The Morgan fingerprint density at radius 3 is 2.95 bits per heavy atom. The predicted molar refractivity (Wildman–Crippen MR) is 88.8 cm³/mol. The largest absolute Gasteiger partial charge is 0.374 e. The van der Waals surface area contributed by atoms with Gasteiger partial charge in [-0.15, -0.1) is 0 Å². The maximum absolute atomic E-state index is 6.17. The van der Waals surface area contributed by atoms with Crippen LogP contribution in [-0.2, 0) is 11.3 Å². The van der Waals surface area contributed by atoms with Crippen LogP contribution >= 0.6 is 23.2 Å². The minimum Gasteiger partial charge on any atom is -0.374 e. The van der Waals surface area contributed by atoms with E-state index in [0.717, 1.165) is 30.8 Å². The van der Waals surface area contributed by atoms with Crippen LogP contribution in [0.3, 0.4) is 0 Å². The number of hydrogen-bond donors (Lipinski definition) is 1. The first-order chi connectivity index (χ1) is 10.6. The molecule has 2 unspecified atom stereocenters. The number of aryl methyl sites for hydroxylation is 1. The zero-order valence-corrected chi connectivity index (χ0v) is 13.9. The maximum Gasteiger partial charge on any atom is 0.0852 e. The van der Waals surface area contributed by atoms with Gasteiger partial charge in [-0.05, 0) is 30.2 Å². The van der Waals surface area contributed by atoms with Crippen molar-refractivity contribution in [3.8, 4) is 0 Å². The third-order valence-corrected chi connectivity index (χ3v) is 4.66. The van der Waals surface area contributed by atoms with Gasteiger partial charge in [0, 0.05) is 25.2 Å². The first-order valence-corrected chi connectivity index (χ1v) is 8.15. The second-order valence-corrected chi connectivity index (χ2v) is 6.45. The van der Waals surface area contributed by atoms with Crippen LogP contribution in [0.4, 0.5) is 0 Å². The lowest BCUT2D eigenvalue weighted by Crippen LogP contribution is -2.30. The molecule has 1 fully saturated rings. The van der Waals surface area contributed by atoms with Crippen molar-refractivity contribution in [1.29, 1.82) is 0 Å². The van der Waals surface area contributed by atoms with Gasteiger partial charge in [-0.3, -0.25) is 4.68 Å². The highest BCUT2D eigenvalue weighted by molar-refractivity contribution is 6.42. The molecule has 1 aromatic carbocycles. The highest BCUT2D eigenvalue weighted by Gasteiger charge is 2.27. The molecule has 1 aliphatic rings. The van der Waals surface area contributed by atoms with Crippen LogP contribution in [0.5, 0.6) is 0 Å². The first-order valence-electron chi connectivity index (χ1n) is 7.40. The first kappa shape index (κ1) is 15.8. The summed E-state index contributed by atoms with van der Waals surface area (Å²) in [7, 11) is 0. The van der Waals surface area contributed by atoms with Crippen LogP contribution in [-0.4, -0.2) is 35.6 Å². The van der Waals surface area contributed by atoms with Gasteiger partial charge in [0.2, 0.25) is 0 Å². The van der Waals surface area contributed by atoms with E-state index in [2.05, 4.69) is 10.4 Å². The Labute approximate surface area is 140 Å². The SMILES string of the molecule is Cc1cnn(CC2OCCNCC2c2ccc(Cl)c(Cl)c2)c1. The van der Waals surface area contributed by atoms with Gasteiger partial charge in [-0.2, -0.15) is 5.10 Å². The quantitative estimate of drug-likeness (QED) is 0.932. The van der Waals surface area contributed by atoms with Gasteiger partial charge in [0.05, 0.1) is 35.5 Å². The van der Waals surface area contributed by atoms with E-state index in [4.69, 9.17) is 27.9 Å². The molecule has 6 heteroatoms. The van der Waals surface area contributed by atoms with Crippen LogP contribution in [0, 0.1) is 6.92 Å². The Morgan fingerprint density at radius 2 is 2.23 bits per heavy atom. The van der Waals surface area contributed by atoms with Crippen LogP contribution in [0.15, 0.2) is 30.6 Å². The van der Waals surface area contributed by atoms with Gasteiger partial charge < -0.3 is 10.1 Å². The van der Waals surface area contributed by atoms with E-state index in [0.29, 0.717) is 16.7 Å². The molecule has 0 spiro atoms. The van der Waals surface area contributed by atoms with Crippen molar-refractivity contribution in [3.05, 3.63) is 51.8 Å². The molecular weight excluding hydrogens is 321 g/mol. The number of aromatic nitrogens is 2. The third kappa shape index (κ3) is 3.63. The monoisotopic (exact) mass is 339 g/mol. The molecular formula is C16H19Cl2N3O. The molecule has 0 aliphatic carbocycles. The summed E-state index contributed by atoms with van der Waals surface area (Å²) in [6.07, 6.45) is 3.95. The molecule has 1 aromatic heterocycles. The smallest absolute Gasteiger partial charge is 0.0852 e. The van der Waals surface area contributed by atoms with Gasteiger partial charge in [-0.25, -0.2) is 0 Å². The molecule has 0 radical (unpaired) electrons. The lowest BCUT2D eigenvalue weighted by atomic mass is 9.93. The molecule has 1 N–H and O–H groups in total. The van der Waals surface area contributed by atoms with E-state index < -0.39 is 0 Å². The summed E-state index contributed by atoms with van der Waals surface area (Å²) in [5, 5.41) is 8.95. The third-order valence-electron chi connectivity index (χ3n) is 3.92. The Kier molecular flexibility index (Phi) is 5.03. The Bertz CT molecular complexity index is 644. The molecule has 2 atom stereocenters. The number of hydrogen-bond acceptors (Lipinski definition) is 3. The molecule has 118 valence electrons. The fourth-order valence-electron chi connectivity index (χ4n) is 2.79. The van der Waals surface area contributed by atoms with E-state index in [-0.39, 0.29) is 12.0 Å². The fraction of sp³-hybridized carbons (Fsp3) is 0.438. The van der Waals surface area contributed by atoms with Gasteiger partial charge in [-0.1, -0.05) is 29.3 Å². The van der Waals surface area contributed by atoms with E-state index in [9.17, 15) is 0 Å². The summed E-state index contributed by atoms with van der Waals surface area (Å²) in [6.45, 7) is 5.16. The summed E-state index contributed by atoms with van der Waals surface area (Å²) < 4.78 is 7.99. The summed E-state index contributed by atoms with van der Waals surface area (Å²) in [5.41, 5.74) is 2.29. The molecule has 4 nitrogen and oxygen atoms in total. The molecule has 0 bridgehead atoms. The second kappa shape index (κ2) is 7.01. The van der Waals surface area contributed by atoms with E-state index >= 15 is 0 Å². The van der Waals surface area contributed by atoms with Crippen molar-refractivity contribution in [2.75, 3.05) is 19.7 Å². The summed E-state index contributed by atoms with van der Waals surface area (Å²) in [6, 6.07) is 5.81. The summed E-state index contributed by atoms with van der Waals surface area (Å²) in [5.74, 6) is 0.210. The highest BCUT2D eigenvalue weighted by atomic mass is 35.5. The summed E-state index contributed by atoms with van der Waals surface area (Å²) in [4.78, 5) is 0. The maximum atomic E-state index is 6.17. The van der Waals surface area contributed by atoms with Gasteiger partial charge in [0.1, 0.15) is 0 Å². The van der Waals surface area contributed by atoms with Crippen molar-refractivity contribution < 1.29 is 4.74 Å². The molecule has 22 heavy (non-hydrogen) atoms.